The van der Waals surface area contributed by atoms with Crippen LogP contribution in [-0.2, 0) is 4.79 Å². The molecule has 1 heterocycles. The summed E-state index contributed by atoms with van der Waals surface area (Å²) < 4.78 is 0.827. The summed E-state index contributed by atoms with van der Waals surface area (Å²) in [5.41, 5.74) is 1.29. The van der Waals surface area contributed by atoms with E-state index in [2.05, 4.69) is 21.2 Å². The molecule has 118 valence electrons. The lowest BCUT2D eigenvalue weighted by Gasteiger charge is -2.35. The summed E-state index contributed by atoms with van der Waals surface area (Å²) >= 11 is 9.28. The van der Waals surface area contributed by atoms with Crippen LogP contribution in [-0.4, -0.2) is 29.8 Å². The first kappa shape index (κ1) is 16.0. The van der Waals surface area contributed by atoms with Crippen molar-refractivity contribution in [1.29, 1.82) is 0 Å². The van der Waals surface area contributed by atoms with Gasteiger partial charge in [0, 0.05) is 28.1 Å². The Kier molecular flexibility index (Phi) is 4.68. The monoisotopic (exact) mass is 392 g/mol. The van der Waals surface area contributed by atoms with E-state index in [-0.39, 0.29) is 11.8 Å². The highest BCUT2D eigenvalue weighted by molar-refractivity contribution is 9.10. The first-order chi connectivity index (χ1) is 11.1. The molecule has 1 N–H and O–H groups in total. The van der Waals surface area contributed by atoms with Crippen LogP contribution in [0.2, 0.25) is 5.02 Å². The van der Waals surface area contributed by atoms with Gasteiger partial charge in [-0.3, -0.25) is 9.59 Å². The maximum atomic E-state index is 12.8. The third-order valence-electron chi connectivity index (χ3n) is 3.73. The van der Waals surface area contributed by atoms with E-state index in [9.17, 15) is 9.59 Å². The molecular weight excluding hydrogens is 380 g/mol. The van der Waals surface area contributed by atoms with Crippen LogP contribution >= 0.6 is 27.5 Å². The predicted molar refractivity (Wildman–Crippen MR) is 92.4 cm³/mol. The minimum atomic E-state index is -0.646. The summed E-state index contributed by atoms with van der Waals surface area (Å²) in [6, 6.07) is 13.5. The van der Waals surface area contributed by atoms with Crippen molar-refractivity contribution in [2.75, 3.05) is 13.1 Å². The van der Waals surface area contributed by atoms with Crippen LogP contribution in [0, 0.1) is 0 Å². The van der Waals surface area contributed by atoms with Crippen LogP contribution in [0.4, 0.5) is 0 Å². The van der Waals surface area contributed by atoms with Gasteiger partial charge in [0.05, 0.1) is 0 Å². The number of piperazine rings is 1. The molecule has 23 heavy (non-hydrogen) atoms. The van der Waals surface area contributed by atoms with Gasteiger partial charge in [-0.1, -0.05) is 45.7 Å². The molecule has 1 fully saturated rings. The van der Waals surface area contributed by atoms with Crippen molar-refractivity contribution < 1.29 is 9.59 Å². The summed E-state index contributed by atoms with van der Waals surface area (Å²) in [7, 11) is 0. The molecule has 1 saturated heterocycles. The number of nitrogens with one attached hydrogen (secondary N) is 1. The molecule has 1 atom stereocenters. The first-order valence-electron chi connectivity index (χ1n) is 7.16. The Balaban J connectivity index is 1.96. The summed E-state index contributed by atoms with van der Waals surface area (Å²) in [5, 5.41) is 3.41. The van der Waals surface area contributed by atoms with Crippen LogP contribution in [0.1, 0.15) is 22.0 Å². The molecule has 3 rings (SSSR count). The second-order valence-electron chi connectivity index (χ2n) is 5.25. The average Bonchev–Trinajstić information content (AvgIpc) is 2.55. The van der Waals surface area contributed by atoms with Crippen LogP contribution in [0.15, 0.2) is 53.0 Å². The van der Waals surface area contributed by atoms with Crippen LogP contribution in [0.5, 0.6) is 0 Å². The summed E-state index contributed by atoms with van der Waals surface area (Å²) in [6.45, 7) is 0.910. The third-order valence-corrected chi connectivity index (χ3v) is 4.48. The van der Waals surface area contributed by atoms with Gasteiger partial charge >= 0.3 is 0 Å². The highest BCUT2D eigenvalue weighted by Crippen LogP contribution is 2.27. The Labute approximate surface area is 147 Å². The predicted octanol–water partition coefficient (Wildman–Crippen LogP) is 3.42. The van der Waals surface area contributed by atoms with Crippen molar-refractivity contribution in [3.8, 4) is 0 Å². The molecule has 0 saturated carbocycles. The Bertz CT molecular complexity index is 749. The zero-order valence-electron chi connectivity index (χ0n) is 12.1. The highest BCUT2D eigenvalue weighted by Gasteiger charge is 2.34. The molecule has 1 unspecified atom stereocenters. The maximum Gasteiger partial charge on any atom is 0.254 e. The van der Waals surface area contributed by atoms with Crippen molar-refractivity contribution in [2.45, 2.75) is 6.04 Å². The molecule has 1 aliphatic rings. The van der Waals surface area contributed by atoms with Gasteiger partial charge in [0.1, 0.15) is 6.04 Å². The van der Waals surface area contributed by atoms with Crippen molar-refractivity contribution in [1.82, 2.24) is 10.2 Å². The smallest absolute Gasteiger partial charge is 0.254 e. The Morgan fingerprint density at radius 1 is 1.22 bits per heavy atom. The standard InChI is InChI=1S/C17H14BrClN2O2/c18-13-3-1-2-12(10-13)17(23)21-9-8-20-16(22)15(21)11-4-6-14(19)7-5-11/h1-7,10,15H,8-9H2,(H,20,22). The number of amides is 2. The second-order valence-corrected chi connectivity index (χ2v) is 6.61. The lowest BCUT2D eigenvalue weighted by Crippen LogP contribution is -2.52. The van der Waals surface area contributed by atoms with Crippen LogP contribution in [0.25, 0.3) is 0 Å². The van der Waals surface area contributed by atoms with E-state index < -0.39 is 6.04 Å². The molecule has 4 nitrogen and oxygen atoms in total. The molecule has 0 bridgehead atoms. The van der Waals surface area contributed by atoms with Gasteiger partial charge < -0.3 is 10.2 Å². The zero-order valence-corrected chi connectivity index (χ0v) is 14.5. The van der Waals surface area contributed by atoms with Gasteiger partial charge in [-0.25, -0.2) is 0 Å². The number of rotatable bonds is 2. The average molecular weight is 394 g/mol. The first-order valence-corrected chi connectivity index (χ1v) is 8.33. The number of hydrogen-bond acceptors (Lipinski definition) is 2. The van der Waals surface area contributed by atoms with Gasteiger partial charge in [0.25, 0.3) is 5.91 Å². The van der Waals surface area contributed by atoms with Crippen LogP contribution in [0.3, 0.4) is 0 Å². The Hall–Kier alpha value is -1.85. The lowest BCUT2D eigenvalue weighted by molar-refractivity contribution is -0.128. The van der Waals surface area contributed by atoms with E-state index >= 15 is 0 Å². The number of carbonyl (C=O) groups is 2. The van der Waals surface area contributed by atoms with E-state index in [0.29, 0.717) is 23.7 Å². The Morgan fingerprint density at radius 2 is 1.96 bits per heavy atom. The van der Waals surface area contributed by atoms with E-state index in [0.717, 1.165) is 10.0 Å². The van der Waals surface area contributed by atoms with Crippen LogP contribution < -0.4 is 5.32 Å². The molecular formula is C17H14BrClN2O2. The summed E-state index contributed by atoms with van der Waals surface area (Å²) in [4.78, 5) is 26.8. The fraction of sp³-hybridized carbons (Fsp3) is 0.176. The molecule has 0 aliphatic carbocycles. The largest absolute Gasteiger partial charge is 0.352 e. The fourth-order valence-corrected chi connectivity index (χ4v) is 3.17. The van der Waals surface area contributed by atoms with Crippen molar-refractivity contribution in [3.63, 3.8) is 0 Å². The summed E-state index contributed by atoms with van der Waals surface area (Å²) in [5.74, 6) is -0.344. The van der Waals surface area contributed by atoms with Gasteiger partial charge in [-0.05, 0) is 35.9 Å². The van der Waals surface area contributed by atoms with Crippen molar-refractivity contribution in [3.05, 3.63) is 69.2 Å². The zero-order chi connectivity index (χ0) is 16.4. The van der Waals surface area contributed by atoms with Gasteiger partial charge in [-0.2, -0.15) is 0 Å². The van der Waals surface area contributed by atoms with Crippen molar-refractivity contribution >= 4 is 39.3 Å². The highest BCUT2D eigenvalue weighted by atomic mass is 79.9. The SMILES string of the molecule is O=C1NCCN(C(=O)c2cccc(Br)c2)C1c1ccc(Cl)cc1. The van der Waals surface area contributed by atoms with E-state index in [1.165, 1.54) is 0 Å². The number of hydrogen-bond donors (Lipinski definition) is 1. The quantitative estimate of drug-likeness (QED) is 0.850. The molecule has 6 heteroatoms. The molecule has 2 aromatic rings. The van der Waals surface area contributed by atoms with E-state index in [1.807, 2.05) is 6.07 Å². The molecule has 0 spiro atoms. The number of nitrogens with zero attached hydrogens (tertiary/aromatic N) is 1. The molecule has 2 amide bonds. The molecule has 1 aliphatic heterocycles. The molecule has 0 radical (unpaired) electrons. The number of halogens is 2. The van der Waals surface area contributed by atoms with Gasteiger partial charge in [-0.15, -0.1) is 0 Å². The topological polar surface area (TPSA) is 49.4 Å². The maximum absolute atomic E-state index is 12.8. The lowest BCUT2D eigenvalue weighted by atomic mass is 10.0. The second kappa shape index (κ2) is 6.72. The van der Waals surface area contributed by atoms with Gasteiger partial charge in [0.2, 0.25) is 5.91 Å². The number of benzene rings is 2. The third kappa shape index (κ3) is 3.41. The fourth-order valence-electron chi connectivity index (χ4n) is 2.65. The van der Waals surface area contributed by atoms with E-state index in [1.54, 1.807) is 47.4 Å². The molecule has 2 aromatic carbocycles. The molecule has 0 aromatic heterocycles. The normalized spacial score (nSPS) is 17.7. The minimum Gasteiger partial charge on any atom is -0.352 e. The Morgan fingerprint density at radius 3 is 2.65 bits per heavy atom. The van der Waals surface area contributed by atoms with Gasteiger partial charge in [0.15, 0.2) is 0 Å². The minimum absolute atomic E-state index is 0.166. The number of carbonyl (C=O) groups excluding carboxylic acids is 2. The summed E-state index contributed by atoms with van der Waals surface area (Å²) in [6.07, 6.45) is 0. The van der Waals surface area contributed by atoms with E-state index in [4.69, 9.17) is 11.6 Å². The van der Waals surface area contributed by atoms with Crippen molar-refractivity contribution in [2.24, 2.45) is 0 Å².